The van der Waals surface area contributed by atoms with Gasteiger partial charge in [0.15, 0.2) is 0 Å². The van der Waals surface area contributed by atoms with E-state index in [1.54, 1.807) is 11.3 Å². The van der Waals surface area contributed by atoms with Gasteiger partial charge < -0.3 is 4.90 Å². The van der Waals surface area contributed by atoms with E-state index in [1.165, 1.54) is 37.0 Å². The van der Waals surface area contributed by atoms with Crippen LogP contribution in [0.1, 0.15) is 37.0 Å². The van der Waals surface area contributed by atoms with Crippen molar-refractivity contribution in [2.75, 3.05) is 14.1 Å². The second-order valence-electron chi connectivity index (χ2n) is 5.45. The van der Waals surface area contributed by atoms with Crippen LogP contribution in [0.3, 0.4) is 0 Å². The van der Waals surface area contributed by atoms with Crippen molar-refractivity contribution in [1.82, 2.24) is 15.3 Å². The van der Waals surface area contributed by atoms with Gasteiger partial charge in [0.25, 0.3) is 0 Å². The second kappa shape index (κ2) is 6.10. The molecular weight excluding hydrogens is 244 g/mol. The molecule has 1 aliphatic rings. The molecule has 1 aromatic heterocycles. The van der Waals surface area contributed by atoms with Crippen LogP contribution in [0.4, 0.5) is 0 Å². The van der Waals surface area contributed by atoms with Gasteiger partial charge in [0.2, 0.25) is 0 Å². The summed E-state index contributed by atoms with van der Waals surface area (Å²) in [6.45, 7) is 0. The van der Waals surface area contributed by atoms with Gasteiger partial charge in [-0.2, -0.15) is 0 Å². The van der Waals surface area contributed by atoms with E-state index in [1.807, 2.05) is 11.7 Å². The average Bonchev–Trinajstić information content (AvgIpc) is 2.89. The Balaban J connectivity index is 2.16. The summed E-state index contributed by atoms with van der Waals surface area (Å²) in [7, 11) is 4.37. The number of nitrogens with zero attached hydrogens (tertiary/aromatic N) is 2. The molecular formula is C13H24N4S. The molecule has 1 aliphatic carbocycles. The van der Waals surface area contributed by atoms with Crippen molar-refractivity contribution in [1.29, 1.82) is 0 Å². The van der Waals surface area contributed by atoms with Crippen LogP contribution in [0.25, 0.3) is 0 Å². The fraction of sp³-hybridized carbons (Fsp3) is 0.769. The number of nitrogens with one attached hydrogen (secondary N) is 1. The summed E-state index contributed by atoms with van der Waals surface area (Å²) in [5.41, 5.74) is 5.16. The normalized spacial score (nSPS) is 21.1. The first-order valence-corrected chi connectivity index (χ1v) is 7.58. The summed E-state index contributed by atoms with van der Waals surface area (Å²) >= 11 is 1.72. The van der Waals surface area contributed by atoms with Crippen molar-refractivity contribution in [3.05, 3.63) is 16.6 Å². The van der Waals surface area contributed by atoms with Crippen molar-refractivity contribution < 1.29 is 0 Å². The zero-order valence-corrected chi connectivity index (χ0v) is 12.2. The maximum atomic E-state index is 5.85. The summed E-state index contributed by atoms with van der Waals surface area (Å²) in [6.07, 6.45) is 9.35. The number of nitrogens with two attached hydrogens (primary N) is 1. The summed E-state index contributed by atoms with van der Waals surface area (Å²) in [4.78, 5) is 7.84. The van der Waals surface area contributed by atoms with Gasteiger partial charge >= 0.3 is 0 Å². The third-order valence-electron chi connectivity index (χ3n) is 4.35. The lowest BCUT2D eigenvalue weighted by Gasteiger charge is -2.48. The second-order valence-corrected chi connectivity index (χ2v) is 6.42. The van der Waals surface area contributed by atoms with Crippen LogP contribution in [0.15, 0.2) is 11.7 Å². The lowest BCUT2D eigenvalue weighted by Crippen LogP contribution is -2.62. The molecule has 3 N–H and O–H groups in total. The van der Waals surface area contributed by atoms with Crippen LogP contribution in [-0.4, -0.2) is 35.6 Å². The van der Waals surface area contributed by atoms with Gasteiger partial charge in [-0.05, 0) is 26.9 Å². The highest BCUT2D eigenvalue weighted by Crippen LogP contribution is 2.36. The monoisotopic (exact) mass is 268 g/mol. The van der Waals surface area contributed by atoms with Gasteiger partial charge in [-0.1, -0.05) is 19.3 Å². The molecule has 1 atom stereocenters. The Kier molecular flexibility index (Phi) is 4.72. The topological polar surface area (TPSA) is 54.2 Å². The van der Waals surface area contributed by atoms with Crippen LogP contribution in [0, 0.1) is 0 Å². The number of hydrazine groups is 1. The summed E-state index contributed by atoms with van der Waals surface area (Å²) < 4.78 is 0. The van der Waals surface area contributed by atoms with E-state index >= 15 is 0 Å². The molecule has 0 bridgehead atoms. The van der Waals surface area contributed by atoms with Gasteiger partial charge in [0.05, 0.1) is 5.51 Å². The molecule has 4 nitrogen and oxygen atoms in total. The van der Waals surface area contributed by atoms with E-state index in [0.29, 0.717) is 6.04 Å². The predicted octanol–water partition coefficient (Wildman–Crippen LogP) is 1.78. The minimum Gasteiger partial charge on any atom is -0.302 e. The highest BCUT2D eigenvalue weighted by Gasteiger charge is 2.41. The molecule has 1 aromatic rings. The van der Waals surface area contributed by atoms with Crippen molar-refractivity contribution >= 4 is 11.3 Å². The molecule has 2 rings (SSSR count). The third-order valence-corrected chi connectivity index (χ3v) is 5.15. The Morgan fingerprint density at radius 1 is 1.44 bits per heavy atom. The first-order chi connectivity index (χ1) is 8.69. The van der Waals surface area contributed by atoms with Gasteiger partial charge in [0.1, 0.15) is 0 Å². The third kappa shape index (κ3) is 2.74. The molecule has 0 radical (unpaired) electrons. The van der Waals surface area contributed by atoms with Gasteiger partial charge in [-0.25, -0.2) is 0 Å². The quantitative estimate of drug-likeness (QED) is 0.631. The van der Waals surface area contributed by atoms with Crippen molar-refractivity contribution in [3.63, 3.8) is 0 Å². The summed E-state index contributed by atoms with van der Waals surface area (Å²) in [5.74, 6) is 5.85. The molecule has 0 aromatic carbocycles. The van der Waals surface area contributed by atoms with E-state index in [9.17, 15) is 0 Å². The Labute approximate surface area is 114 Å². The molecule has 0 aliphatic heterocycles. The summed E-state index contributed by atoms with van der Waals surface area (Å²) in [5, 5.41) is 0. The lowest BCUT2D eigenvalue weighted by molar-refractivity contribution is 0.0571. The van der Waals surface area contributed by atoms with Crippen LogP contribution >= 0.6 is 11.3 Å². The lowest BCUT2D eigenvalue weighted by atomic mass is 9.74. The molecule has 1 saturated carbocycles. The predicted molar refractivity (Wildman–Crippen MR) is 76.4 cm³/mol. The molecule has 102 valence electrons. The van der Waals surface area contributed by atoms with E-state index in [-0.39, 0.29) is 5.54 Å². The van der Waals surface area contributed by atoms with Gasteiger partial charge in [-0.3, -0.25) is 16.3 Å². The number of hydrogen-bond donors (Lipinski definition) is 2. The minimum atomic E-state index is 0.191. The highest BCUT2D eigenvalue weighted by atomic mass is 32.1. The van der Waals surface area contributed by atoms with E-state index in [2.05, 4.69) is 29.4 Å². The number of likely N-dealkylation sites (N-methyl/N-ethyl adjacent to an activating group) is 1. The molecule has 18 heavy (non-hydrogen) atoms. The fourth-order valence-corrected chi connectivity index (χ4v) is 3.86. The first-order valence-electron chi connectivity index (χ1n) is 6.70. The summed E-state index contributed by atoms with van der Waals surface area (Å²) in [6, 6.07) is 0.299. The van der Waals surface area contributed by atoms with Crippen LogP contribution in [0.2, 0.25) is 0 Å². The Morgan fingerprint density at radius 3 is 2.67 bits per heavy atom. The van der Waals surface area contributed by atoms with Crippen LogP contribution in [0.5, 0.6) is 0 Å². The maximum absolute atomic E-state index is 5.85. The van der Waals surface area contributed by atoms with E-state index in [0.717, 1.165) is 6.42 Å². The maximum Gasteiger partial charge on any atom is 0.0794 e. The van der Waals surface area contributed by atoms with E-state index in [4.69, 9.17) is 5.84 Å². The highest BCUT2D eigenvalue weighted by molar-refractivity contribution is 7.09. The van der Waals surface area contributed by atoms with Crippen LogP contribution in [-0.2, 0) is 6.42 Å². The standard InChI is InChI=1S/C13H24N4S/c1-17(2)13(6-4-3-5-7-13)12(16-14)8-11-9-15-10-18-11/h9-10,12,16H,3-8,14H2,1-2H3. The fourth-order valence-electron chi connectivity index (χ4n) is 3.22. The van der Waals surface area contributed by atoms with Crippen LogP contribution < -0.4 is 11.3 Å². The Morgan fingerprint density at radius 2 is 2.17 bits per heavy atom. The largest absolute Gasteiger partial charge is 0.302 e. The number of rotatable bonds is 5. The van der Waals surface area contributed by atoms with Gasteiger partial charge in [-0.15, -0.1) is 11.3 Å². The minimum absolute atomic E-state index is 0.191. The first kappa shape index (κ1) is 13.9. The number of thiazole rings is 1. The molecule has 1 fully saturated rings. The van der Waals surface area contributed by atoms with Crippen molar-refractivity contribution in [3.8, 4) is 0 Å². The molecule has 0 saturated heterocycles. The number of hydrogen-bond acceptors (Lipinski definition) is 5. The van der Waals surface area contributed by atoms with Crippen molar-refractivity contribution in [2.24, 2.45) is 5.84 Å². The Hall–Kier alpha value is -0.490. The zero-order valence-electron chi connectivity index (χ0n) is 11.4. The van der Waals surface area contributed by atoms with Gasteiger partial charge in [0, 0.05) is 29.1 Å². The SMILES string of the molecule is CN(C)C1(C(Cc2cncs2)NN)CCCCC1. The van der Waals surface area contributed by atoms with E-state index < -0.39 is 0 Å². The Bertz CT molecular complexity index is 344. The smallest absolute Gasteiger partial charge is 0.0794 e. The molecule has 0 amide bonds. The molecule has 1 heterocycles. The van der Waals surface area contributed by atoms with Crippen molar-refractivity contribution in [2.45, 2.75) is 50.1 Å². The zero-order chi connectivity index (χ0) is 13.0. The molecule has 0 spiro atoms. The number of aromatic nitrogens is 1. The molecule has 5 heteroatoms. The molecule has 1 unspecified atom stereocenters. The average molecular weight is 268 g/mol.